The van der Waals surface area contributed by atoms with Crippen LogP contribution < -0.4 is 9.64 Å². The summed E-state index contributed by atoms with van der Waals surface area (Å²) in [4.78, 5) is 25.4. The molecule has 29 heavy (non-hydrogen) atoms. The molecule has 0 aliphatic rings. The Morgan fingerprint density at radius 1 is 1.21 bits per heavy atom. The van der Waals surface area contributed by atoms with Gasteiger partial charge < -0.3 is 19.3 Å². The van der Waals surface area contributed by atoms with Crippen LogP contribution in [0.2, 0.25) is 0 Å². The highest BCUT2D eigenvalue weighted by Gasteiger charge is 2.18. The molecule has 2 aromatic carbocycles. The van der Waals surface area contributed by atoms with Gasteiger partial charge in [0.15, 0.2) is 0 Å². The lowest BCUT2D eigenvalue weighted by Crippen LogP contribution is -2.27. The van der Waals surface area contributed by atoms with E-state index in [4.69, 9.17) is 9.84 Å². The van der Waals surface area contributed by atoms with Crippen LogP contribution in [0.25, 0.3) is 17.0 Å². The lowest BCUT2D eigenvalue weighted by Gasteiger charge is -2.17. The van der Waals surface area contributed by atoms with Gasteiger partial charge in [0.2, 0.25) is 0 Å². The van der Waals surface area contributed by atoms with E-state index in [0.717, 1.165) is 10.9 Å². The van der Waals surface area contributed by atoms with Gasteiger partial charge in [-0.3, -0.25) is 9.59 Å². The van der Waals surface area contributed by atoms with Crippen molar-refractivity contribution >= 4 is 34.5 Å². The average Bonchev–Trinajstić information content (AvgIpc) is 3.07. The summed E-state index contributed by atoms with van der Waals surface area (Å²) >= 11 is 0. The number of anilines is 1. The Hall–Kier alpha value is -4.05. The zero-order valence-electron chi connectivity index (χ0n) is 16.0. The van der Waals surface area contributed by atoms with E-state index in [9.17, 15) is 14.9 Å². The summed E-state index contributed by atoms with van der Waals surface area (Å²) in [5.74, 6) is -0.776. The van der Waals surface area contributed by atoms with Crippen LogP contribution in [0.1, 0.15) is 5.56 Å². The van der Waals surface area contributed by atoms with E-state index in [2.05, 4.69) is 0 Å². The maximum atomic E-state index is 12.9. The summed E-state index contributed by atoms with van der Waals surface area (Å²) in [5.41, 5.74) is 1.89. The molecule has 0 aliphatic heterocycles. The van der Waals surface area contributed by atoms with Crippen molar-refractivity contribution in [3.63, 3.8) is 0 Å². The predicted octanol–water partition coefficient (Wildman–Crippen LogP) is 3.30. The number of aliphatic carboxylic acids is 1. The molecule has 0 saturated heterocycles. The first-order valence-electron chi connectivity index (χ1n) is 8.78. The summed E-state index contributed by atoms with van der Waals surface area (Å²) in [7, 11) is 3.14. The van der Waals surface area contributed by atoms with Gasteiger partial charge in [-0.1, -0.05) is 18.2 Å². The minimum atomic E-state index is -0.975. The third kappa shape index (κ3) is 4.12. The Labute approximate surface area is 167 Å². The van der Waals surface area contributed by atoms with Crippen molar-refractivity contribution in [1.82, 2.24) is 4.57 Å². The molecule has 0 unspecified atom stereocenters. The standard InChI is InChI=1S/C22H19N3O4/c1-24(17-7-9-18(29-2)10-8-17)22(28)15(12-23)11-16-13-25(14-21(26)27)20-6-4-3-5-19(16)20/h3-11,13H,14H2,1-2H3,(H,26,27). The molecule has 1 N–H and O–H groups in total. The summed E-state index contributed by atoms with van der Waals surface area (Å²) in [6, 6.07) is 16.1. The molecule has 146 valence electrons. The summed E-state index contributed by atoms with van der Waals surface area (Å²) in [6.45, 7) is -0.212. The minimum absolute atomic E-state index is 0.0541. The fourth-order valence-electron chi connectivity index (χ4n) is 3.07. The van der Waals surface area contributed by atoms with Gasteiger partial charge in [-0.25, -0.2) is 0 Å². The molecule has 0 atom stereocenters. The molecule has 7 nitrogen and oxygen atoms in total. The number of para-hydroxylation sites is 1. The molecular formula is C22H19N3O4. The van der Waals surface area contributed by atoms with Gasteiger partial charge in [0.1, 0.15) is 23.9 Å². The first kappa shape index (κ1) is 19.7. The number of hydrogen-bond donors (Lipinski definition) is 1. The van der Waals surface area contributed by atoms with Crippen molar-refractivity contribution in [3.8, 4) is 11.8 Å². The molecule has 1 heterocycles. The van der Waals surface area contributed by atoms with Crippen molar-refractivity contribution in [3.05, 3.63) is 65.9 Å². The number of amides is 1. The first-order chi connectivity index (χ1) is 13.9. The molecule has 0 aliphatic carbocycles. The minimum Gasteiger partial charge on any atom is -0.497 e. The van der Waals surface area contributed by atoms with E-state index < -0.39 is 11.9 Å². The maximum Gasteiger partial charge on any atom is 0.323 e. The molecule has 1 amide bonds. The SMILES string of the molecule is COc1ccc(N(C)C(=O)C(C#N)=Cc2cn(CC(=O)O)c3ccccc23)cc1. The average molecular weight is 389 g/mol. The van der Waals surface area contributed by atoms with E-state index in [0.29, 0.717) is 17.0 Å². The van der Waals surface area contributed by atoms with Gasteiger partial charge in [0.25, 0.3) is 5.91 Å². The lowest BCUT2D eigenvalue weighted by atomic mass is 10.1. The number of ether oxygens (including phenoxy) is 1. The van der Waals surface area contributed by atoms with E-state index in [1.807, 2.05) is 24.3 Å². The Morgan fingerprint density at radius 3 is 2.52 bits per heavy atom. The molecule has 0 radical (unpaired) electrons. The van der Waals surface area contributed by atoms with Gasteiger partial charge in [0, 0.05) is 35.4 Å². The number of aromatic nitrogens is 1. The van der Waals surface area contributed by atoms with Gasteiger partial charge in [-0.15, -0.1) is 0 Å². The highest BCUT2D eigenvalue weighted by atomic mass is 16.5. The van der Waals surface area contributed by atoms with Crippen molar-refractivity contribution in [2.45, 2.75) is 6.54 Å². The van der Waals surface area contributed by atoms with Crippen LogP contribution in [0.15, 0.2) is 60.3 Å². The Morgan fingerprint density at radius 2 is 1.90 bits per heavy atom. The normalized spacial score (nSPS) is 11.1. The van der Waals surface area contributed by atoms with Crippen LogP contribution in [0.3, 0.4) is 0 Å². The molecule has 0 fully saturated rings. The van der Waals surface area contributed by atoms with Crippen LogP contribution in [-0.4, -0.2) is 35.7 Å². The number of nitrogens with zero attached hydrogens (tertiary/aromatic N) is 3. The van der Waals surface area contributed by atoms with Crippen LogP contribution in [0.4, 0.5) is 5.69 Å². The quantitative estimate of drug-likeness (QED) is 0.515. The fourth-order valence-corrected chi connectivity index (χ4v) is 3.07. The predicted molar refractivity (Wildman–Crippen MR) is 110 cm³/mol. The number of benzene rings is 2. The molecular weight excluding hydrogens is 370 g/mol. The van der Waals surface area contributed by atoms with Crippen molar-refractivity contribution in [2.24, 2.45) is 0 Å². The van der Waals surface area contributed by atoms with Gasteiger partial charge in [-0.2, -0.15) is 5.26 Å². The van der Waals surface area contributed by atoms with Gasteiger partial charge in [0.05, 0.1) is 7.11 Å². The highest BCUT2D eigenvalue weighted by Crippen LogP contribution is 2.25. The number of nitriles is 1. The zero-order chi connectivity index (χ0) is 21.0. The number of fused-ring (bicyclic) bond motifs is 1. The number of methoxy groups -OCH3 is 1. The van der Waals surface area contributed by atoms with E-state index in [1.54, 1.807) is 55.3 Å². The zero-order valence-corrected chi connectivity index (χ0v) is 16.0. The topological polar surface area (TPSA) is 95.6 Å². The van der Waals surface area contributed by atoms with Crippen LogP contribution in [0, 0.1) is 11.3 Å². The van der Waals surface area contributed by atoms with Gasteiger partial charge in [-0.05, 0) is 36.4 Å². The van der Waals surface area contributed by atoms with Crippen molar-refractivity contribution < 1.29 is 19.4 Å². The Balaban J connectivity index is 1.98. The smallest absolute Gasteiger partial charge is 0.323 e. The second kappa shape index (κ2) is 8.31. The number of carboxylic acid groups (broad SMARTS) is 1. The van der Waals surface area contributed by atoms with Crippen molar-refractivity contribution in [1.29, 1.82) is 5.26 Å². The van der Waals surface area contributed by atoms with Gasteiger partial charge >= 0.3 is 5.97 Å². The molecule has 3 aromatic rings. The number of carbonyl (C=O) groups excluding carboxylic acids is 1. The monoisotopic (exact) mass is 389 g/mol. The van der Waals surface area contributed by atoms with E-state index >= 15 is 0 Å². The van der Waals surface area contributed by atoms with Crippen LogP contribution in [0.5, 0.6) is 5.75 Å². The maximum absolute atomic E-state index is 12.9. The first-order valence-corrected chi connectivity index (χ1v) is 8.78. The van der Waals surface area contributed by atoms with E-state index in [1.165, 1.54) is 11.0 Å². The number of rotatable bonds is 6. The van der Waals surface area contributed by atoms with E-state index in [-0.39, 0.29) is 12.1 Å². The van der Waals surface area contributed by atoms with Crippen LogP contribution >= 0.6 is 0 Å². The molecule has 7 heteroatoms. The largest absolute Gasteiger partial charge is 0.497 e. The Bertz CT molecular complexity index is 1140. The summed E-state index contributed by atoms with van der Waals surface area (Å²) in [5, 5.41) is 19.5. The second-order valence-electron chi connectivity index (χ2n) is 6.36. The molecule has 3 rings (SSSR count). The summed E-state index contributed by atoms with van der Waals surface area (Å²) in [6.07, 6.45) is 3.12. The highest BCUT2D eigenvalue weighted by molar-refractivity contribution is 6.11. The molecule has 1 aromatic heterocycles. The molecule has 0 saturated carbocycles. The van der Waals surface area contributed by atoms with Crippen LogP contribution in [-0.2, 0) is 16.1 Å². The third-order valence-electron chi connectivity index (χ3n) is 4.54. The Kier molecular flexibility index (Phi) is 5.65. The molecule has 0 bridgehead atoms. The molecule has 0 spiro atoms. The van der Waals surface area contributed by atoms with Crippen molar-refractivity contribution in [2.75, 3.05) is 19.1 Å². The lowest BCUT2D eigenvalue weighted by molar-refractivity contribution is -0.137. The number of carboxylic acids is 1. The number of carbonyl (C=O) groups is 2. The number of hydrogen-bond acceptors (Lipinski definition) is 4. The third-order valence-corrected chi connectivity index (χ3v) is 4.54. The summed E-state index contributed by atoms with van der Waals surface area (Å²) < 4.78 is 6.70. The number of likely N-dealkylation sites (N-methyl/N-ethyl adjacent to an activating group) is 1. The second-order valence-corrected chi connectivity index (χ2v) is 6.36. The fraction of sp³-hybridized carbons (Fsp3) is 0.136.